The van der Waals surface area contributed by atoms with Gasteiger partial charge in [-0.25, -0.2) is 0 Å². The maximum absolute atomic E-state index is 11.9. The van der Waals surface area contributed by atoms with E-state index in [2.05, 4.69) is 13.8 Å². The normalized spacial score (nSPS) is 19.5. The number of hydrogen-bond donors (Lipinski definition) is 1. The van der Waals surface area contributed by atoms with Crippen molar-refractivity contribution >= 4 is 5.91 Å². The lowest BCUT2D eigenvalue weighted by Gasteiger charge is -2.27. The first-order valence-corrected chi connectivity index (χ1v) is 5.96. The first kappa shape index (κ1) is 12.5. The van der Waals surface area contributed by atoms with E-state index in [1.54, 1.807) is 0 Å². The molecule has 0 aromatic rings. The van der Waals surface area contributed by atoms with E-state index in [1.807, 2.05) is 11.9 Å². The maximum Gasteiger partial charge on any atom is 0.224 e. The Labute approximate surface area is 93.0 Å². The summed E-state index contributed by atoms with van der Waals surface area (Å²) in [6.07, 6.45) is 4.90. The average molecular weight is 212 g/mol. The van der Waals surface area contributed by atoms with E-state index < -0.39 is 0 Å². The molecule has 0 unspecified atom stereocenters. The standard InChI is InChI=1S/C12H24N2O/c1-10(2)9-14(3)11(15)8-12(13)6-4-5-7-12/h10H,4-9,13H2,1-3H3. The molecule has 1 aliphatic rings. The molecule has 0 radical (unpaired) electrons. The Bertz CT molecular complexity index is 220. The minimum Gasteiger partial charge on any atom is -0.345 e. The number of carbonyl (C=O) groups is 1. The highest BCUT2D eigenvalue weighted by atomic mass is 16.2. The predicted octanol–water partition coefficient (Wildman–Crippen LogP) is 1.76. The van der Waals surface area contributed by atoms with Crippen LogP contribution in [0.25, 0.3) is 0 Å². The van der Waals surface area contributed by atoms with Crippen molar-refractivity contribution in [2.75, 3.05) is 13.6 Å². The lowest BCUT2D eigenvalue weighted by molar-refractivity contribution is -0.131. The molecule has 1 saturated carbocycles. The second-order valence-electron chi connectivity index (χ2n) is 5.41. The zero-order valence-corrected chi connectivity index (χ0v) is 10.3. The molecule has 1 amide bonds. The van der Waals surface area contributed by atoms with Crippen LogP contribution < -0.4 is 5.73 Å². The van der Waals surface area contributed by atoms with Crippen LogP contribution in [0.5, 0.6) is 0 Å². The molecule has 0 aromatic carbocycles. The van der Waals surface area contributed by atoms with Crippen molar-refractivity contribution in [3.8, 4) is 0 Å². The van der Waals surface area contributed by atoms with Gasteiger partial charge in [-0.2, -0.15) is 0 Å². The van der Waals surface area contributed by atoms with E-state index >= 15 is 0 Å². The number of carbonyl (C=O) groups excluding carboxylic acids is 1. The van der Waals surface area contributed by atoms with Gasteiger partial charge < -0.3 is 10.6 Å². The van der Waals surface area contributed by atoms with Crippen LogP contribution in [0.1, 0.15) is 46.0 Å². The van der Waals surface area contributed by atoms with Crippen molar-refractivity contribution in [3.05, 3.63) is 0 Å². The van der Waals surface area contributed by atoms with Crippen LogP contribution in [0.4, 0.5) is 0 Å². The van der Waals surface area contributed by atoms with E-state index in [-0.39, 0.29) is 11.4 Å². The third-order valence-electron chi connectivity index (χ3n) is 3.17. The van der Waals surface area contributed by atoms with Gasteiger partial charge in [-0.05, 0) is 18.8 Å². The van der Waals surface area contributed by atoms with E-state index in [0.717, 1.165) is 19.4 Å². The van der Waals surface area contributed by atoms with Crippen LogP contribution in [0.15, 0.2) is 0 Å². The molecule has 0 heterocycles. The van der Waals surface area contributed by atoms with Gasteiger partial charge in [0.1, 0.15) is 0 Å². The number of rotatable bonds is 4. The summed E-state index contributed by atoms with van der Waals surface area (Å²) < 4.78 is 0. The molecule has 2 N–H and O–H groups in total. The second-order valence-corrected chi connectivity index (χ2v) is 5.41. The lowest BCUT2D eigenvalue weighted by atomic mass is 9.94. The molecule has 0 spiro atoms. The van der Waals surface area contributed by atoms with Gasteiger partial charge in [0.25, 0.3) is 0 Å². The summed E-state index contributed by atoms with van der Waals surface area (Å²) >= 11 is 0. The summed E-state index contributed by atoms with van der Waals surface area (Å²) in [6, 6.07) is 0. The highest BCUT2D eigenvalue weighted by Crippen LogP contribution is 2.30. The molecule has 0 bridgehead atoms. The Hall–Kier alpha value is -0.570. The van der Waals surface area contributed by atoms with Gasteiger partial charge >= 0.3 is 0 Å². The van der Waals surface area contributed by atoms with Crippen LogP contribution in [0.3, 0.4) is 0 Å². The first-order valence-electron chi connectivity index (χ1n) is 5.96. The number of amides is 1. The molecule has 0 atom stereocenters. The zero-order chi connectivity index (χ0) is 11.5. The molecule has 3 nitrogen and oxygen atoms in total. The fraction of sp³-hybridized carbons (Fsp3) is 0.917. The predicted molar refractivity (Wildman–Crippen MR) is 62.5 cm³/mol. The van der Waals surface area contributed by atoms with Gasteiger partial charge in [-0.3, -0.25) is 4.79 Å². The van der Waals surface area contributed by atoms with Crippen LogP contribution >= 0.6 is 0 Å². The van der Waals surface area contributed by atoms with Gasteiger partial charge in [0.05, 0.1) is 0 Å². The maximum atomic E-state index is 11.9. The molecule has 3 heteroatoms. The third kappa shape index (κ3) is 3.82. The fourth-order valence-electron chi connectivity index (χ4n) is 2.34. The smallest absolute Gasteiger partial charge is 0.224 e. The number of nitrogens with zero attached hydrogens (tertiary/aromatic N) is 1. The van der Waals surface area contributed by atoms with Gasteiger partial charge in [0.15, 0.2) is 0 Å². The summed E-state index contributed by atoms with van der Waals surface area (Å²) in [5.41, 5.74) is 5.98. The minimum atomic E-state index is -0.206. The van der Waals surface area contributed by atoms with Crippen LogP contribution in [-0.4, -0.2) is 29.9 Å². The van der Waals surface area contributed by atoms with E-state index in [4.69, 9.17) is 5.73 Å². The second kappa shape index (κ2) is 4.97. The highest BCUT2D eigenvalue weighted by Gasteiger charge is 2.32. The summed E-state index contributed by atoms with van der Waals surface area (Å²) in [6.45, 7) is 5.07. The fourth-order valence-corrected chi connectivity index (χ4v) is 2.34. The van der Waals surface area contributed by atoms with Gasteiger partial charge in [-0.1, -0.05) is 26.7 Å². The van der Waals surface area contributed by atoms with Crippen molar-refractivity contribution in [2.45, 2.75) is 51.5 Å². The van der Waals surface area contributed by atoms with E-state index in [0.29, 0.717) is 12.3 Å². The van der Waals surface area contributed by atoms with Gasteiger partial charge in [0.2, 0.25) is 5.91 Å². The summed E-state index contributed by atoms with van der Waals surface area (Å²) in [7, 11) is 1.88. The Morgan fingerprint density at radius 3 is 2.40 bits per heavy atom. The summed E-state index contributed by atoms with van der Waals surface area (Å²) in [4.78, 5) is 13.7. The Balaban J connectivity index is 2.40. The topological polar surface area (TPSA) is 46.3 Å². The minimum absolute atomic E-state index is 0.202. The van der Waals surface area contributed by atoms with Crippen LogP contribution in [-0.2, 0) is 4.79 Å². The highest BCUT2D eigenvalue weighted by molar-refractivity contribution is 5.77. The van der Waals surface area contributed by atoms with Crippen molar-refractivity contribution in [1.29, 1.82) is 0 Å². The molecular formula is C12H24N2O. The monoisotopic (exact) mass is 212 g/mol. The number of hydrogen-bond acceptors (Lipinski definition) is 2. The molecule has 1 fully saturated rings. The Morgan fingerprint density at radius 1 is 1.40 bits per heavy atom. The van der Waals surface area contributed by atoms with Crippen molar-refractivity contribution in [1.82, 2.24) is 4.90 Å². The van der Waals surface area contributed by atoms with Crippen molar-refractivity contribution in [2.24, 2.45) is 11.7 Å². The lowest BCUT2D eigenvalue weighted by Crippen LogP contribution is -2.43. The molecule has 1 aliphatic carbocycles. The van der Waals surface area contributed by atoms with E-state index in [1.165, 1.54) is 12.8 Å². The van der Waals surface area contributed by atoms with Crippen molar-refractivity contribution in [3.63, 3.8) is 0 Å². The van der Waals surface area contributed by atoms with Crippen LogP contribution in [0.2, 0.25) is 0 Å². The molecule has 88 valence electrons. The van der Waals surface area contributed by atoms with Gasteiger partial charge in [0, 0.05) is 25.6 Å². The number of nitrogens with two attached hydrogens (primary N) is 1. The molecule has 1 rings (SSSR count). The zero-order valence-electron chi connectivity index (χ0n) is 10.3. The summed E-state index contributed by atoms with van der Waals surface area (Å²) in [5, 5.41) is 0. The van der Waals surface area contributed by atoms with E-state index in [9.17, 15) is 4.79 Å². The SMILES string of the molecule is CC(C)CN(C)C(=O)CC1(N)CCCC1. The van der Waals surface area contributed by atoms with Crippen LogP contribution in [0, 0.1) is 5.92 Å². The molecule has 0 aliphatic heterocycles. The largest absolute Gasteiger partial charge is 0.345 e. The van der Waals surface area contributed by atoms with Gasteiger partial charge in [-0.15, -0.1) is 0 Å². The third-order valence-corrected chi connectivity index (χ3v) is 3.17. The molecular weight excluding hydrogens is 188 g/mol. The Kier molecular flexibility index (Phi) is 4.14. The molecule has 0 saturated heterocycles. The molecule has 0 aromatic heterocycles. The van der Waals surface area contributed by atoms with Crippen molar-refractivity contribution < 1.29 is 4.79 Å². The first-order chi connectivity index (χ1) is 6.93. The quantitative estimate of drug-likeness (QED) is 0.772. The Morgan fingerprint density at radius 2 is 1.93 bits per heavy atom. The summed E-state index contributed by atoms with van der Waals surface area (Å²) in [5.74, 6) is 0.726. The molecule has 15 heavy (non-hydrogen) atoms. The average Bonchev–Trinajstić information content (AvgIpc) is 2.50.